The van der Waals surface area contributed by atoms with Gasteiger partial charge in [0.25, 0.3) is 0 Å². The highest BCUT2D eigenvalue weighted by Gasteiger charge is 2.11. The monoisotopic (exact) mass is 247 g/mol. The molecule has 0 aliphatic carbocycles. The van der Waals surface area contributed by atoms with E-state index in [-0.39, 0.29) is 16.7 Å². The second-order valence-corrected chi connectivity index (χ2v) is 3.61. The van der Waals surface area contributed by atoms with Gasteiger partial charge in [-0.15, -0.1) is 0 Å². The lowest BCUT2D eigenvalue weighted by molar-refractivity contribution is 0.0600. The van der Waals surface area contributed by atoms with E-state index in [1.165, 1.54) is 31.4 Å². The molecule has 4 nitrogen and oxygen atoms in total. The Kier molecular flexibility index (Phi) is 3.23. The molecule has 0 bridgehead atoms. The molecule has 1 aromatic heterocycles. The quantitative estimate of drug-likeness (QED) is 0.825. The molecule has 0 aliphatic rings. The van der Waals surface area contributed by atoms with Crippen molar-refractivity contribution in [2.75, 3.05) is 7.11 Å². The highest BCUT2D eigenvalue weighted by atomic mass is 19.1. The highest BCUT2D eigenvalue weighted by Crippen LogP contribution is 2.21. The summed E-state index contributed by atoms with van der Waals surface area (Å²) < 4.78 is 18.2. The lowest BCUT2D eigenvalue weighted by Gasteiger charge is -2.05. The van der Waals surface area contributed by atoms with E-state index in [9.17, 15) is 14.0 Å². The van der Waals surface area contributed by atoms with E-state index in [1.807, 2.05) is 0 Å². The number of carbonyl (C=O) groups is 1. The van der Waals surface area contributed by atoms with E-state index in [0.717, 1.165) is 6.07 Å². The summed E-state index contributed by atoms with van der Waals surface area (Å²) in [6.07, 6.45) is 0. The van der Waals surface area contributed by atoms with Crippen LogP contribution in [-0.2, 0) is 4.74 Å². The van der Waals surface area contributed by atoms with Crippen molar-refractivity contribution < 1.29 is 13.9 Å². The number of pyridine rings is 1. The summed E-state index contributed by atoms with van der Waals surface area (Å²) in [5, 5.41) is 0. The molecule has 0 radical (unpaired) electrons. The minimum Gasteiger partial charge on any atom is -0.465 e. The zero-order valence-electron chi connectivity index (χ0n) is 9.57. The maximum atomic E-state index is 13.7. The van der Waals surface area contributed by atoms with Gasteiger partial charge in [0.15, 0.2) is 0 Å². The Hall–Kier alpha value is -2.43. The minimum absolute atomic E-state index is 0.149. The van der Waals surface area contributed by atoms with Crippen molar-refractivity contribution in [1.82, 2.24) is 4.98 Å². The molecule has 5 heteroatoms. The summed E-state index contributed by atoms with van der Waals surface area (Å²) in [6.45, 7) is 0. The summed E-state index contributed by atoms with van der Waals surface area (Å²) in [5.41, 5.74) is 0.343. The van der Waals surface area contributed by atoms with Gasteiger partial charge in [-0.05, 0) is 24.3 Å². The van der Waals surface area contributed by atoms with Crippen LogP contribution in [0.15, 0.2) is 41.2 Å². The van der Waals surface area contributed by atoms with Gasteiger partial charge < -0.3 is 9.72 Å². The van der Waals surface area contributed by atoms with E-state index >= 15 is 0 Å². The predicted molar refractivity (Wildman–Crippen MR) is 63.8 cm³/mol. The molecule has 0 amide bonds. The topological polar surface area (TPSA) is 59.2 Å². The number of halogens is 1. The number of aromatic nitrogens is 1. The van der Waals surface area contributed by atoms with Crippen molar-refractivity contribution in [1.29, 1.82) is 0 Å². The summed E-state index contributed by atoms with van der Waals surface area (Å²) in [6, 6.07) is 8.22. The van der Waals surface area contributed by atoms with Crippen molar-refractivity contribution in [3.8, 4) is 11.3 Å². The van der Waals surface area contributed by atoms with E-state index < -0.39 is 11.8 Å². The Morgan fingerprint density at radius 3 is 2.72 bits per heavy atom. The molecule has 18 heavy (non-hydrogen) atoms. The number of carbonyl (C=O) groups excluding carboxylic acids is 1. The molecule has 0 saturated heterocycles. The molecule has 1 aromatic carbocycles. The fraction of sp³-hybridized carbons (Fsp3) is 0.0769. The van der Waals surface area contributed by atoms with Gasteiger partial charge in [0.2, 0.25) is 5.56 Å². The molecule has 92 valence electrons. The van der Waals surface area contributed by atoms with Gasteiger partial charge >= 0.3 is 5.97 Å². The SMILES string of the molecule is COC(=O)c1ccc(F)c(-c2cccc(=O)[nH]2)c1. The minimum atomic E-state index is -0.561. The summed E-state index contributed by atoms with van der Waals surface area (Å²) >= 11 is 0. The third-order valence-corrected chi connectivity index (χ3v) is 2.45. The van der Waals surface area contributed by atoms with Crippen molar-refractivity contribution >= 4 is 5.97 Å². The molecular weight excluding hydrogens is 237 g/mol. The second-order valence-electron chi connectivity index (χ2n) is 3.61. The Balaban J connectivity index is 2.56. The number of aromatic amines is 1. The van der Waals surface area contributed by atoms with E-state index in [2.05, 4.69) is 9.72 Å². The number of hydrogen-bond acceptors (Lipinski definition) is 3. The first-order chi connectivity index (χ1) is 8.61. The smallest absolute Gasteiger partial charge is 0.337 e. The molecule has 0 atom stereocenters. The normalized spacial score (nSPS) is 10.1. The molecule has 0 fully saturated rings. The average molecular weight is 247 g/mol. The zero-order chi connectivity index (χ0) is 13.1. The second kappa shape index (κ2) is 4.83. The predicted octanol–water partition coefficient (Wildman–Crippen LogP) is 1.97. The van der Waals surface area contributed by atoms with Crippen molar-refractivity contribution in [2.24, 2.45) is 0 Å². The number of rotatable bonds is 2. The van der Waals surface area contributed by atoms with Crippen LogP contribution in [0.3, 0.4) is 0 Å². The molecular formula is C13H10FNO3. The van der Waals surface area contributed by atoms with Gasteiger partial charge in [0.05, 0.1) is 18.4 Å². The third kappa shape index (κ3) is 2.29. The first-order valence-electron chi connectivity index (χ1n) is 5.19. The standard InChI is InChI=1S/C13H10FNO3/c1-18-13(17)8-5-6-10(14)9(7-8)11-3-2-4-12(16)15-11/h2-7H,1H3,(H,15,16). The van der Waals surface area contributed by atoms with Gasteiger partial charge in [-0.25, -0.2) is 9.18 Å². The third-order valence-electron chi connectivity index (χ3n) is 2.45. The molecule has 0 spiro atoms. The van der Waals surface area contributed by atoms with Crippen LogP contribution >= 0.6 is 0 Å². The van der Waals surface area contributed by atoms with Gasteiger partial charge in [-0.1, -0.05) is 6.07 Å². The number of methoxy groups -OCH3 is 1. The average Bonchev–Trinajstić information content (AvgIpc) is 2.38. The van der Waals surface area contributed by atoms with Crippen LogP contribution in [0.4, 0.5) is 4.39 Å². The number of nitrogens with one attached hydrogen (secondary N) is 1. The van der Waals surface area contributed by atoms with Crippen LogP contribution < -0.4 is 5.56 Å². The van der Waals surface area contributed by atoms with Gasteiger partial charge in [0, 0.05) is 11.6 Å². The molecule has 2 rings (SSSR count). The van der Waals surface area contributed by atoms with E-state index in [0.29, 0.717) is 5.69 Å². The molecule has 1 N–H and O–H groups in total. The summed E-state index contributed by atoms with van der Waals surface area (Å²) in [5.74, 6) is -1.08. The molecule has 0 aliphatic heterocycles. The Labute approximate surface area is 102 Å². The number of benzene rings is 1. The lowest BCUT2D eigenvalue weighted by atomic mass is 10.1. The largest absolute Gasteiger partial charge is 0.465 e. The van der Waals surface area contributed by atoms with Crippen LogP contribution in [-0.4, -0.2) is 18.1 Å². The first-order valence-corrected chi connectivity index (χ1v) is 5.19. The van der Waals surface area contributed by atoms with Crippen LogP contribution in [0.2, 0.25) is 0 Å². The van der Waals surface area contributed by atoms with Crippen LogP contribution in [0, 0.1) is 5.82 Å². The lowest BCUT2D eigenvalue weighted by Crippen LogP contribution is -2.06. The maximum absolute atomic E-state index is 13.7. The maximum Gasteiger partial charge on any atom is 0.337 e. The fourth-order valence-corrected chi connectivity index (χ4v) is 1.58. The first kappa shape index (κ1) is 12.0. The number of esters is 1. The fourth-order valence-electron chi connectivity index (χ4n) is 1.58. The molecule has 0 saturated carbocycles. The highest BCUT2D eigenvalue weighted by molar-refractivity contribution is 5.90. The van der Waals surface area contributed by atoms with Crippen molar-refractivity contribution in [3.05, 3.63) is 58.1 Å². The Morgan fingerprint density at radius 1 is 1.28 bits per heavy atom. The van der Waals surface area contributed by atoms with Crippen LogP contribution in [0.25, 0.3) is 11.3 Å². The van der Waals surface area contributed by atoms with Crippen LogP contribution in [0.5, 0.6) is 0 Å². The molecule has 0 unspecified atom stereocenters. The van der Waals surface area contributed by atoms with Crippen LogP contribution in [0.1, 0.15) is 10.4 Å². The van der Waals surface area contributed by atoms with Crippen molar-refractivity contribution in [2.45, 2.75) is 0 Å². The Morgan fingerprint density at radius 2 is 2.06 bits per heavy atom. The molecule has 1 heterocycles. The van der Waals surface area contributed by atoms with Gasteiger partial charge in [-0.2, -0.15) is 0 Å². The number of hydrogen-bond donors (Lipinski definition) is 1. The van der Waals surface area contributed by atoms with E-state index in [1.54, 1.807) is 6.07 Å². The molecule has 2 aromatic rings. The Bertz CT molecular complexity index is 649. The summed E-state index contributed by atoms with van der Waals surface area (Å²) in [4.78, 5) is 25.0. The summed E-state index contributed by atoms with van der Waals surface area (Å²) in [7, 11) is 1.25. The van der Waals surface area contributed by atoms with Gasteiger partial charge in [0.1, 0.15) is 5.82 Å². The number of ether oxygens (including phenoxy) is 1. The van der Waals surface area contributed by atoms with Gasteiger partial charge in [-0.3, -0.25) is 4.79 Å². The van der Waals surface area contributed by atoms with Crippen molar-refractivity contribution in [3.63, 3.8) is 0 Å². The zero-order valence-corrected chi connectivity index (χ0v) is 9.57. The van der Waals surface area contributed by atoms with E-state index in [4.69, 9.17) is 0 Å². The number of H-pyrrole nitrogens is 1.